The third-order valence-corrected chi connectivity index (χ3v) is 6.68. The second-order valence-electron chi connectivity index (χ2n) is 6.58. The lowest BCUT2D eigenvalue weighted by atomic mass is 9.97. The molecule has 1 saturated heterocycles. The molecule has 0 spiro atoms. The SMILES string of the molecule is CC(=O)c1ccccc1NC(=O)C1CCN(S(=O)(=O)c2ccccc2)CC1. The van der Waals surface area contributed by atoms with Gasteiger partial charge in [-0.3, -0.25) is 9.59 Å². The van der Waals surface area contributed by atoms with Crippen LogP contribution in [0, 0.1) is 5.92 Å². The van der Waals surface area contributed by atoms with Crippen LogP contribution in [0.5, 0.6) is 0 Å². The molecule has 0 saturated carbocycles. The molecule has 6 nitrogen and oxygen atoms in total. The number of piperidine rings is 1. The fourth-order valence-electron chi connectivity index (χ4n) is 3.23. The molecule has 27 heavy (non-hydrogen) atoms. The summed E-state index contributed by atoms with van der Waals surface area (Å²) in [7, 11) is -3.53. The molecule has 2 aromatic carbocycles. The van der Waals surface area contributed by atoms with Crippen molar-refractivity contribution in [2.75, 3.05) is 18.4 Å². The summed E-state index contributed by atoms with van der Waals surface area (Å²) in [5.41, 5.74) is 0.962. The molecule has 0 aliphatic carbocycles. The van der Waals surface area contributed by atoms with E-state index in [4.69, 9.17) is 0 Å². The Morgan fingerprint density at radius 3 is 2.19 bits per heavy atom. The van der Waals surface area contributed by atoms with E-state index in [-0.39, 0.29) is 22.5 Å². The van der Waals surface area contributed by atoms with E-state index in [0.717, 1.165) is 0 Å². The highest BCUT2D eigenvalue weighted by Gasteiger charge is 2.32. The van der Waals surface area contributed by atoms with Crippen molar-refractivity contribution in [2.24, 2.45) is 5.92 Å². The van der Waals surface area contributed by atoms with Crippen LogP contribution >= 0.6 is 0 Å². The number of hydrogen-bond donors (Lipinski definition) is 1. The largest absolute Gasteiger partial charge is 0.325 e. The highest BCUT2D eigenvalue weighted by Crippen LogP contribution is 2.25. The molecule has 1 aliphatic rings. The molecule has 1 heterocycles. The normalized spacial score (nSPS) is 16.0. The van der Waals surface area contributed by atoms with E-state index in [0.29, 0.717) is 37.2 Å². The van der Waals surface area contributed by atoms with Gasteiger partial charge in [0.15, 0.2) is 5.78 Å². The Morgan fingerprint density at radius 2 is 1.56 bits per heavy atom. The van der Waals surface area contributed by atoms with Crippen molar-refractivity contribution in [1.82, 2.24) is 4.31 Å². The smallest absolute Gasteiger partial charge is 0.243 e. The number of sulfonamides is 1. The van der Waals surface area contributed by atoms with Crippen molar-refractivity contribution in [3.63, 3.8) is 0 Å². The van der Waals surface area contributed by atoms with E-state index in [9.17, 15) is 18.0 Å². The number of Topliss-reactive ketones (excluding diaryl/α,β-unsaturated/α-hetero) is 1. The summed E-state index contributed by atoms with van der Waals surface area (Å²) in [5, 5.41) is 2.82. The highest BCUT2D eigenvalue weighted by molar-refractivity contribution is 7.89. The number of nitrogens with zero attached hydrogens (tertiary/aromatic N) is 1. The van der Waals surface area contributed by atoms with Crippen LogP contribution in [0.1, 0.15) is 30.1 Å². The van der Waals surface area contributed by atoms with Gasteiger partial charge in [-0.05, 0) is 44.0 Å². The molecule has 0 unspecified atom stereocenters. The number of benzene rings is 2. The first-order chi connectivity index (χ1) is 12.9. The summed E-state index contributed by atoms with van der Waals surface area (Å²) in [6, 6.07) is 15.2. The van der Waals surface area contributed by atoms with Gasteiger partial charge in [-0.2, -0.15) is 4.31 Å². The molecule has 142 valence electrons. The van der Waals surface area contributed by atoms with E-state index < -0.39 is 10.0 Å². The van der Waals surface area contributed by atoms with Crippen LogP contribution in [-0.2, 0) is 14.8 Å². The summed E-state index contributed by atoms with van der Waals surface area (Å²) >= 11 is 0. The van der Waals surface area contributed by atoms with Crippen LogP contribution in [0.15, 0.2) is 59.5 Å². The lowest BCUT2D eigenvalue weighted by molar-refractivity contribution is -0.120. The van der Waals surface area contributed by atoms with Crippen LogP contribution in [-0.4, -0.2) is 37.5 Å². The van der Waals surface area contributed by atoms with Crippen molar-refractivity contribution in [3.8, 4) is 0 Å². The monoisotopic (exact) mass is 386 g/mol. The number of hydrogen-bond acceptors (Lipinski definition) is 4. The first-order valence-corrected chi connectivity index (χ1v) is 10.3. The number of anilines is 1. The Kier molecular flexibility index (Phi) is 5.72. The Labute approximate surface area is 159 Å². The van der Waals surface area contributed by atoms with Gasteiger partial charge in [0.05, 0.1) is 10.6 Å². The number of nitrogens with one attached hydrogen (secondary N) is 1. The molecule has 0 aromatic heterocycles. The van der Waals surface area contributed by atoms with Gasteiger partial charge in [0.2, 0.25) is 15.9 Å². The zero-order valence-corrected chi connectivity index (χ0v) is 15.9. The summed E-state index contributed by atoms with van der Waals surface area (Å²) < 4.78 is 26.8. The van der Waals surface area contributed by atoms with Gasteiger partial charge >= 0.3 is 0 Å². The van der Waals surface area contributed by atoms with Gasteiger partial charge in [0.1, 0.15) is 0 Å². The Bertz CT molecular complexity index is 933. The molecule has 7 heteroatoms. The van der Waals surface area contributed by atoms with Crippen molar-refractivity contribution in [2.45, 2.75) is 24.7 Å². The second kappa shape index (κ2) is 8.02. The molecule has 2 aromatic rings. The maximum Gasteiger partial charge on any atom is 0.243 e. The number of rotatable bonds is 5. The topological polar surface area (TPSA) is 83.6 Å². The van der Waals surface area contributed by atoms with E-state index in [1.165, 1.54) is 11.2 Å². The van der Waals surface area contributed by atoms with Crippen LogP contribution < -0.4 is 5.32 Å². The van der Waals surface area contributed by atoms with Crippen molar-refractivity contribution in [1.29, 1.82) is 0 Å². The molecule has 0 atom stereocenters. The predicted molar refractivity (Wildman–Crippen MR) is 103 cm³/mol. The predicted octanol–water partition coefficient (Wildman–Crippen LogP) is 2.93. The van der Waals surface area contributed by atoms with Gasteiger partial charge in [-0.1, -0.05) is 30.3 Å². The average Bonchev–Trinajstić information content (AvgIpc) is 2.69. The maximum atomic E-state index is 12.7. The van der Waals surface area contributed by atoms with Crippen LogP contribution in [0.25, 0.3) is 0 Å². The second-order valence-corrected chi connectivity index (χ2v) is 8.52. The van der Waals surface area contributed by atoms with Gasteiger partial charge in [-0.15, -0.1) is 0 Å². The molecule has 0 radical (unpaired) electrons. The summed E-state index contributed by atoms with van der Waals surface area (Å²) in [6.07, 6.45) is 0.889. The van der Waals surface area contributed by atoms with Crippen LogP contribution in [0.3, 0.4) is 0 Å². The molecular formula is C20H22N2O4S. The summed E-state index contributed by atoms with van der Waals surface area (Å²) in [5.74, 6) is -0.581. The van der Waals surface area contributed by atoms with Crippen molar-refractivity contribution < 1.29 is 18.0 Å². The van der Waals surface area contributed by atoms with Crippen molar-refractivity contribution in [3.05, 3.63) is 60.2 Å². The molecule has 1 N–H and O–H groups in total. The molecular weight excluding hydrogens is 364 g/mol. The summed E-state index contributed by atoms with van der Waals surface area (Å²) in [6.45, 7) is 2.05. The molecule has 1 fully saturated rings. The molecule has 0 bridgehead atoms. The standard InChI is InChI=1S/C20H22N2O4S/c1-15(23)18-9-5-6-10-19(18)21-20(24)16-11-13-22(14-12-16)27(25,26)17-7-3-2-4-8-17/h2-10,16H,11-14H2,1H3,(H,21,24). The third-order valence-electron chi connectivity index (χ3n) is 4.77. The van der Waals surface area contributed by atoms with E-state index in [1.807, 2.05) is 0 Å². The van der Waals surface area contributed by atoms with E-state index in [2.05, 4.69) is 5.32 Å². The first-order valence-electron chi connectivity index (χ1n) is 8.85. The minimum absolute atomic E-state index is 0.116. The fourth-order valence-corrected chi connectivity index (χ4v) is 4.72. The Morgan fingerprint density at radius 1 is 0.963 bits per heavy atom. The number of carbonyl (C=O) groups excluding carboxylic acids is 2. The third kappa shape index (κ3) is 4.26. The zero-order valence-electron chi connectivity index (χ0n) is 15.1. The number of carbonyl (C=O) groups is 2. The molecule has 1 aliphatic heterocycles. The summed E-state index contributed by atoms with van der Waals surface area (Å²) in [4.78, 5) is 24.5. The number of para-hydroxylation sites is 1. The average molecular weight is 386 g/mol. The van der Waals surface area contributed by atoms with Crippen molar-refractivity contribution >= 4 is 27.4 Å². The van der Waals surface area contributed by atoms with Crippen LogP contribution in [0.2, 0.25) is 0 Å². The first kappa shape index (κ1) is 19.3. The van der Waals surface area contributed by atoms with Crippen LogP contribution in [0.4, 0.5) is 5.69 Å². The molecule has 3 rings (SSSR count). The quantitative estimate of drug-likeness (QED) is 0.801. The Hall–Kier alpha value is -2.51. The minimum Gasteiger partial charge on any atom is -0.325 e. The van der Waals surface area contributed by atoms with E-state index in [1.54, 1.807) is 54.6 Å². The van der Waals surface area contributed by atoms with Gasteiger partial charge in [0, 0.05) is 24.6 Å². The van der Waals surface area contributed by atoms with Gasteiger partial charge in [-0.25, -0.2) is 8.42 Å². The number of amides is 1. The maximum absolute atomic E-state index is 12.7. The number of ketones is 1. The minimum atomic E-state index is -3.53. The zero-order chi connectivity index (χ0) is 19.4. The highest BCUT2D eigenvalue weighted by atomic mass is 32.2. The lowest BCUT2D eigenvalue weighted by Gasteiger charge is -2.30. The fraction of sp³-hybridized carbons (Fsp3) is 0.300. The lowest BCUT2D eigenvalue weighted by Crippen LogP contribution is -2.41. The van der Waals surface area contributed by atoms with Gasteiger partial charge in [0.25, 0.3) is 0 Å². The molecule has 1 amide bonds. The van der Waals surface area contributed by atoms with E-state index >= 15 is 0 Å². The van der Waals surface area contributed by atoms with Gasteiger partial charge < -0.3 is 5.32 Å². The Balaban J connectivity index is 1.64.